The number of benzene rings is 1. The van der Waals surface area contributed by atoms with Gasteiger partial charge in [0.25, 0.3) is 0 Å². The zero-order valence-corrected chi connectivity index (χ0v) is 15.4. The molecule has 0 bridgehead atoms. The van der Waals surface area contributed by atoms with Crippen molar-refractivity contribution in [3.8, 4) is 5.75 Å². The van der Waals surface area contributed by atoms with E-state index in [1.54, 1.807) is 18.9 Å². The van der Waals surface area contributed by atoms with Crippen LogP contribution in [0.5, 0.6) is 5.75 Å². The number of nitrogens with one attached hydrogen (secondary N) is 1. The zero-order valence-electron chi connectivity index (χ0n) is 13.7. The minimum absolute atomic E-state index is 0. The van der Waals surface area contributed by atoms with Gasteiger partial charge in [-0.15, -0.1) is 12.4 Å². The molecule has 0 spiro atoms. The summed E-state index contributed by atoms with van der Waals surface area (Å²) < 4.78 is 5.16. The first kappa shape index (κ1) is 21.1. The standard InChI is InChI=1S/C16H26N2O2S.ClH/c1-16(2,12-5-7-13(20-3)8-6-12)11-18-15(19)14(17)9-10-21-4;/h5-8,14H,9-11,17H2,1-4H3,(H,18,19);1H/t14-;/m0./s1. The Kier molecular flexibility index (Phi) is 9.56. The molecule has 1 atom stereocenters. The molecule has 1 rings (SSSR count). The van der Waals surface area contributed by atoms with Gasteiger partial charge < -0.3 is 15.8 Å². The molecule has 1 aromatic rings. The van der Waals surface area contributed by atoms with Gasteiger partial charge in [0.15, 0.2) is 0 Å². The summed E-state index contributed by atoms with van der Waals surface area (Å²) in [7, 11) is 1.65. The molecule has 0 heterocycles. The average Bonchev–Trinajstić information content (AvgIpc) is 2.50. The Bertz CT molecular complexity index is 452. The van der Waals surface area contributed by atoms with Crippen molar-refractivity contribution in [2.24, 2.45) is 5.73 Å². The number of thioether (sulfide) groups is 1. The Labute approximate surface area is 144 Å². The van der Waals surface area contributed by atoms with Gasteiger partial charge in [-0.2, -0.15) is 11.8 Å². The molecule has 0 aliphatic heterocycles. The highest BCUT2D eigenvalue weighted by atomic mass is 35.5. The van der Waals surface area contributed by atoms with E-state index in [0.29, 0.717) is 13.0 Å². The summed E-state index contributed by atoms with van der Waals surface area (Å²) in [4.78, 5) is 12.0. The van der Waals surface area contributed by atoms with Crippen LogP contribution in [0, 0.1) is 0 Å². The lowest BCUT2D eigenvalue weighted by atomic mass is 9.84. The minimum atomic E-state index is -0.427. The molecule has 0 aliphatic carbocycles. The summed E-state index contributed by atoms with van der Waals surface area (Å²) in [5, 5.41) is 2.95. The molecule has 3 N–H and O–H groups in total. The first-order valence-electron chi connectivity index (χ1n) is 7.07. The summed E-state index contributed by atoms with van der Waals surface area (Å²) in [6.45, 7) is 4.76. The molecule has 1 amide bonds. The smallest absolute Gasteiger partial charge is 0.236 e. The Morgan fingerprint density at radius 2 is 1.95 bits per heavy atom. The van der Waals surface area contributed by atoms with Crippen LogP contribution in [0.15, 0.2) is 24.3 Å². The topological polar surface area (TPSA) is 64.3 Å². The second-order valence-corrected chi connectivity index (χ2v) is 6.70. The monoisotopic (exact) mass is 346 g/mol. The van der Waals surface area contributed by atoms with Gasteiger partial charge in [0, 0.05) is 12.0 Å². The summed E-state index contributed by atoms with van der Waals surface area (Å²) in [6, 6.07) is 7.49. The summed E-state index contributed by atoms with van der Waals surface area (Å²) >= 11 is 1.70. The first-order chi connectivity index (χ1) is 9.90. The van der Waals surface area contributed by atoms with E-state index < -0.39 is 6.04 Å². The number of nitrogens with two attached hydrogens (primary N) is 1. The molecular weight excluding hydrogens is 320 g/mol. The maximum absolute atomic E-state index is 12.0. The van der Waals surface area contributed by atoms with Crippen molar-refractivity contribution in [3.63, 3.8) is 0 Å². The van der Waals surface area contributed by atoms with E-state index in [0.717, 1.165) is 17.1 Å². The Hall–Kier alpha value is -0.910. The van der Waals surface area contributed by atoms with Crippen molar-refractivity contribution in [3.05, 3.63) is 29.8 Å². The second-order valence-electron chi connectivity index (χ2n) is 5.72. The fraction of sp³-hybridized carbons (Fsp3) is 0.562. The van der Waals surface area contributed by atoms with Crippen molar-refractivity contribution in [1.82, 2.24) is 5.32 Å². The van der Waals surface area contributed by atoms with Crippen molar-refractivity contribution >= 4 is 30.1 Å². The van der Waals surface area contributed by atoms with E-state index in [1.165, 1.54) is 0 Å². The number of methoxy groups -OCH3 is 1. The third-order valence-electron chi connectivity index (χ3n) is 3.55. The van der Waals surface area contributed by atoms with Crippen LogP contribution in [0.4, 0.5) is 0 Å². The van der Waals surface area contributed by atoms with E-state index in [2.05, 4.69) is 19.2 Å². The molecule has 0 unspecified atom stereocenters. The Morgan fingerprint density at radius 3 is 2.45 bits per heavy atom. The molecule has 0 saturated heterocycles. The van der Waals surface area contributed by atoms with Crippen molar-refractivity contribution in [1.29, 1.82) is 0 Å². The molecule has 0 radical (unpaired) electrons. The maximum atomic E-state index is 12.0. The van der Waals surface area contributed by atoms with Gasteiger partial charge in [-0.3, -0.25) is 4.79 Å². The lowest BCUT2D eigenvalue weighted by molar-refractivity contribution is -0.122. The number of ether oxygens (including phenoxy) is 1. The maximum Gasteiger partial charge on any atom is 0.236 e. The van der Waals surface area contributed by atoms with Gasteiger partial charge in [-0.05, 0) is 36.1 Å². The number of rotatable bonds is 8. The largest absolute Gasteiger partial charge is 0.497 e. The highest BCUT2D eigenvalue weighted by Crippen LogP contribution is 2.24. The Balaban J connectivity index is 0.00000441. The van der Waals surface area contributed by atoms with E-state index in [1.807, 2.05) is 30.5 Å². The fourth-order valence-corrected chi connectivity index (χ4v) is 2.45. The van der Waals surface area contributed by atoms with Gasteiger partial charge >= 0.3 is 0 Å². The van der Waals surface area contributed by atoms with Gasteiger partial charge in [0.05, 0.1) is 13.2 Å². The zero-order chi connectivity index (χ0) is 15.9. The highest BCUT2D eigenvalue weighted by Gasteiger charge is 2.23. The molecule has 22 heavy (non-hydrogen) atoms. The predicted molar refractivity (Wildman–Crippen MR) is 97.3 cm³/mol. The van der Waals surface area contributed by atoms with Gasteiger partial charge in [-0.1, -0.05) is 26.0 Å². The average molecular weight is 347 g/mol. The highest BCUT2D eigenvalue weighted by molar-refractivity contribution is 7.98. The van der Waals surface area contributed by atoms with Crippen molar-refractivity contribution in [2.45, 2.75) is 31.7 Å². The third kappa shape index (κ3) is 6.46. The quantitative estimate of drug-likeness (QED) is 0.759. The van der Waals surface area contributed by atoms with Crippen LogP contribution >= 0.6 is 24.2 Å². The molecule has 4 nitrogen and oxygen atoms in total. The number of carbonyl (C=O) groups is 1. The normalized spacial score (nSPS) is 12.2. The molecule has 0 aromatic heterocycles. The number of hydrogen-bond acceptors (Lipinski definition) is 4. The predicted octanol–water partition coefficient (Wildman–Crippen LogP) is 2.59. The summed E-state index contributed by atoms with van der Waals surface area (Å²) in [5.41, 5.74) is 6.87. The van der Waals surface area contributed by atoms with Crippen LogP contribution in [0.3, 0.4) is 0 Å². The van der Waals surface area contributed by atoms with E-state index in [9.17, 15) is 4.79 Å². The molecule has 126 valence electrons. The number of amides is 1. The van der Waals surface area contributed by atoms with E-state index in [-0.39, 0.29) is 23.7 Å². The van der Waals surface area contributed by atoms with Crippen LogP contribution < -0.4 is 15.8 Å². The van der Waals surface area contributed by atoms with E-state index in [4.69, 9.17) is 10.5 Å². The minimum Gasteiger partial charge on any atom is -0.497 e. The first-order valence-corrected chi connectivity index (χ1v) is 8.47. The number of hydrogen-bond donors (Lipinski definition) is 2. The SMILES string of the molecule is COc1ccc(C(C)(C)CNC(=O)[C@@H](N)CCSC)cc1.Cl. The summed E-state index contributed by atoms with van der Waals surface area (Å²) in [5.74, 6) is 1.65. The van der Waals surface area contributed by atoms with Gasteiger partial charge in [0.2, 0.25) is 5.91 Å². The number of carbonyl (C=O) groups excluding carboxylic acids is 1. The lowest BCUT2D eigenvalue weighted by Crippen LogP contribution is -2.45. The number of halogens is 1. The van der Waals surface area contributed by atoms with Crippen LogP contribution in [-0.4, -0.2) is 37.6 Å². The van der Waals surface area contributed by atoms with Crippen LogP contribution in [0.1, 0.15) is 25.8 Å². The molecule has 1 aromatic carbocycles. The molecular formula is C16H27ClN2O2S. The molecule has 6 heteroatoms. The second kappa shape index (κ2) is 9.98. The van der Waals surface area contributed by atoms with Crippen LogP contribution in [-0.2, 0) is 10.2 Å². The molecule has 0 aliphatic rings. The van der Waals surface area contributed by atoms with Crippen LogP contribution in [0.25, 0.3) is 0 Å². The van der Waals surface area contributed by atoms with Crippen molar-refractivity contribution < 1.29 is 9.53 Å². The molecule has 0 fully saturated rings. The van der Waals surface area contributed by atoms with Gasteiger partial charge in [0.1, 0.15) is 5.75 Å². The fourth-order valence-electron chi connectivity index (χ4n) is 1.96. The third-order valence-corrected chi connectivity index (χ3v) is 4.19. The van der Waals surface area contributed by atoms with E-state index >= 15 is 0 Å². The van der Waals surface area contributed by atoms with Gasteiger partial charge in [-0.25, -0.2) is 0 Å². The lowest BCUT2D eigenvalue weighted by Gasteiger charge is -2.26. The van der Waals surface area contributed by atoms with Crippen LogP contribution in [0.2, 0.25) is 0 Å². The van der Waals surface area contributed by atoms with Crippen molar-refractivity contribution in [2.75, 3.05) is 25.7 Å². The Morgan fingerprint density at radius 1 is 1.36 bits per heavy atom. The summed E-state index contributed by atoms with van der Waals surface area (Å²) in [6.07, 6.45) is 2.72. The molecule has 0 saturated carbocycles.